The Balaban J connectivity index is 2.83. The number of methoxy groups -OCH3 is 1. The molecule has 0 fully saturated rings. The van der Waals surface area contributed by atoms with Crippen LogP contribution in [-0.2, 0) is 20.7 Å². The summed E-state index contributed by atoms with van der Waals surface area (Å²) in [6, 6.07) is 8.51. The average molecular weight is 364 g/mol. The molecule has 0 saturated heterocycles. The van der Waals surface area contributed by atoms with Gasteiger partial charge >= 0.3 is 7.12 Å². The highest BCUT2D eigenvalue weighted by Crippen LogP contribution is 2.08. The van der Waals surface area contributed by atoms with Gasteiger partial charge in [-0.2, -0.15) is 0 Å². The van der Waals surface area contributed by atoms with Gasteiger partial charge in [-0.1, -0.05) is 44.2 Å². The van der Waals surface area contributed by atoms with Gasteiger partial charge in [0, 0.05) is 20.0 Å². The van der Waals surface area contributed by atoms with Crippen LogP contribution in [0.3, 0.4) is 0 Å². The zero-order valence-electron chi connectivity index (χ0n) is 15.6. The molecule has 144 valence electrons. The topological polar surface area (TPSA) is 108 Å². The Hall–Kier alpha value is -1.90. The maximum atomic E-state index is 12.7. The fourth-order valence-corrected chi connectivity index (χ4v) is 2.57. The second-order valence-electron chi connectivity index (χ2n) is 6.71. The summed E-state index contributed by atoms with van der Waals surface area (Å²) in [6.45, 7) is 4.11. The lowest BCUT2D eigenvalue weighted by molar-refractivity contribution is -0.129. The molecule has 0 aliphatic carbocycles. The van der Waals surface area contributed by atoms with Crippen molar-refractivity contribution < 1.29 is 24.4 Å². The monoisotopic (exact) mass is 364 g/mol. The van der Waals surface area contributed by atoms with Crippen LogP contribution in [0.15, 0.2) is 30.3 Å². The Labute approximate surface area is 155 Å². The van der Waals surface area contributed by atoms with Gasteiger partial charge in [0.05, 0.1) is 12.5 Å². The summed E-state index contributed by atoms with van der Waals surface area (Å²) < 4.78 is 4.89. The number of hydrogen-bond acceptors (Lipinski definition) is 5. The van der Waals surface area contributed by atoms with Crippen molar-refractivity contribution in [3.63, 3.8) is 0 Å². The number of rotatable bonds is 11. The van der Waals surface area contributed by atoms with Crippen LogP contribution in [0.1, 0.15) is 32.3 Å². The van der Waals surface area contributed by atoms with Crippen molar-refractivity contribution in [3.05, 3.63) is 35.9 Å². The van der Waals surface area contributed by atoms with E-state index in [4.69, 9.17) is 4.74 Å². The van der Waals surface area contributed by atoms with Crippen LogP contribution in [0.25, 0.3) is 0 Å². The highest BCUT2D eigenvalue weighted by Gasteiger charge is 2.29. The Morgan fingerprint density at radius 1 is 1.15 bits per heavy atom. The minimum absolute atomic E-state index is 0.146. The first-order chi connectivity index (χ1) is 12.3. The van der Waals surface area contributed by atoms with Gasteiger partial charge in [0.15, 0.2) is 0 Å². The van der Waals surface area contributed by atoms with E-state index in [0.29, 0.717) is 12.8 Å². The second-order valence-corrected chi connectivity index (χ2v) is 6.71. The first-order valence-electron chi connectivity index (χ1n) is 8.82. The SMILES string of the molecule is COCCC(=O)N[C@@H](Cc1ccccc1)C(=O)N[C@@H](CC(C)C)B(O)O. The molecule has 0 spiro atoms. The molecule has 0 heterocycles. The molecule has 0 aliphatic heterocycles. The number of hydrogen-bond donors (Lipinski definition) is 4. The van der Waals surface area contributed by atoms with E-state index in [0.717, 1.165) is 5.56 Å². The molecule has 4 N–H and O–H groups in total. The fraction of sp³-hybridized carbons (Fsp3) is 0.556. The van der Waals surface area contributed by atoms with E-state index < -0.39 is 25.0 Å². The van der Waals surface area contributed by atoms with Gasteiger partial charge in [0.1, 0.15) is 6.04 Å². The lowest BCUT2D eigenvalue weighted by Crippen LogP contribution is -2.55. The van der Waals surface area contributed by atoms with Crippen molar-refractivity contribution in [2.75, 3.05) is 13.7 Å². The van der Waals surface area contributed by atoms with Gasteiger partial charge in [-0.25, -0.2) is 0 Å². The van der Waals surface area contributed by atoms with Gasteiger partial charge in [-0.15, -0.1) is 0 Å². The van der Waals surface area contributed by atoms with Crippen LogP contribution in [0.5, 0.6) is 0 Å². The highest BCUT2D eigenvalue weighted by molar-refractivity contribution is 6.43. The third kappa shape index (κ3) is 8.46. The second kappa shape index (κ2) is 11.7. The molecule has 2 amide bonds. The lowest BCUT2D eigenvalue weighted by Gasteiger charge is -2.24. The third-order valence-electron chi connectivity index (χ3n) is 3.88. The standard InChI is InChI=1S/C18H29BN2O5/c1-13(2)11-16(19(24)25)21-18(23)15(20-17(22)9-10-26-3)12-14-7-5-4-6-8-14/h4-8,13,15-16,24-25H,9-12H2,1-3H3,(H,20,22)(H,21,23)/t15-,16-/m0/s1. The number of nitrogens with one attached hydrogen (secondary N) is 2. The van der Waals surface area contributed by atoms with Gasteiger partial charge in [0.2, 0.25) is 11.8 Å². The molecular weight excluding hydrogens is 335 g/mol. The quantitative estimate of drug-likeness (QED) is 0.422. The Morgan fingerprint density at radius 2 is 1.81 bits per heavy atom. The molecule has 1 rings (SSSR count). The van der Waals surface area contributed by atoms with E-state index in [9.17, 15) is 19.6 Å². The first kappa shape index (κ1) is 22.1. The van der Waals surface area contributed by atoms with Crippen LogP contribution >= 0.6 is 0 Å². The minimum atomic E-state index is -1.66. The fourth-order valence-electron chi connectivity index (χ4n) is 2.57. The molecule has 7 nitrogen and oxygen atoms in total. The number of carbonyl (C=O) groups excluding carboxylic acids is 2. The zero-order valence-corrected chi connectivity index (χ0v) is 15.6. The maximum Gasteiger partial charge on any atom is 0.475 e. The van der Waals surface area contributed by atoms with E-state index in [2.05, 4.69) is 10.6 Å². The number of carbonyl (C=O) groups is 2. The first-order valence-corrected chi connectivity index (χ1v) is 8.82. The number of ether oxygens (including phenoxy) is 1. The largest absolute Gasteiger partial charge is 0.475 e. The summed E-state index contributed by atoms with van der Waals surface area (Å²) in [5.74, 6) is -1.37. The maximum absolute atomic E-state index is 12.7. The molecule has 26 heavy (non-hydrogen) atoms. The third-order valence-corrected chi connectivity index (χ3v) is 3.88. The Kier molecular flexibility index (Phi) is 9.94. The van der Waals surface area contributed by atoms with Crippen LogP contribution in [-0.4, -0.2) is 54.7 Å². The van der Waals surface area contributed by atoms with Gasteiger partial charge in [-0.05, 0) is 17.9 Å². The molecule has 8 heteroatoms. The molecule has 0 aliphatic rings. The molecule has 1 aromatic carbocycles. The van der Waals surface area contributed by atoms with Gasteiger partial charge in [-0.3, -0.25) is 9.59 Å². The predicted octanol–water partition coefficient (Wildman–Crippen LogP) is 0.293. The van der Waals surface area contributed by atoms with Crippen LogP contribution < -0.4 is 10.6 Å². The number of amides is 2. The van der Waals surface area contributed by atoms with E-state index >= 15 is 0 Å². The summed E-state index contributed by atoms with van der Waals surface area (Å²) in [6.07, 6.45) is 0.869. The molecule has 0 unspecified atom stereocenters. The molecule has 1 aromatic rings. The van der Waals surface area contributed by atoms with Gasteiger partial charge in [0.25, 0.3) is 0 Å². The van der Waals surface area contributed by atoms with Crippen molar-refractivity contribution in [3.8, 4) is 0 Å². The average Bonchev–Trinajstić information content (AvgIpc) is 2.59. The summed E-state index contributed by atoms with van der Waals surface area (Å²) in [5, 5.41) is 24.4. The predicted molar refractivity (Wildman–Crippen MR) is 100 cm³/mol. The molecule has 0 aromatic heterocycles. The summed E-state index contributed by atoms with van der Waals surface area (Å²) in [7, 11) is -0.163. The van der Waals surface area contributed by atoms with Crippen molar-refractivity contribution in [2.45, 2.75) is 45.1 Å². The van der Waals surface area contributed by atoms with Gasteiger partial charge < -0.3 is 25.4 Å². The van der Waals surface area contributed by atoms with Crippen molar-refractivity contribution >= 4 is 18.9 Å². The van der Waals surface area contributed by atoms with Crippen LogP contribution in [0.4, 0.5) is 0 Å². The smallest absolute Gasteiger partial charge is 0.426 e. The van der Waals surface area contributed by atoms with Crippen molar-refractivity contribution in [2.24, 2.45) is 5.92 Å². The van der Waals surface area contributed by atoms with E-state index in [1.807, 2.05) is 44.2 Å². The molecular formula is C18H29BN2O5. The highest BCUT2D eigenvalue weighted by atomic mass is 16.5. The Bertz CT molecular complexity index is 554. The van der Waals surface area contributed by atoms with E-state index in [-0.39, 0.29) is 24.9 Å². The number of benzene rings is 1. The molecule has 0 saturated carbocycles. The van der Waals surface area contributed by atoms with Crippen LogP contribution in [0.2, 0.25) is 0 Å². The summed E-state index contributed by atoms with van der Waals surface area (Å²) in [5.41, 5.74) is 0.893. The lowest BCUT2D eigenvalue weighted by atomic mass is 9.75. The summed E-state index contributed by atoms with van der Waals surface area (Å²) in [4.78, 5) is 24.7. The van der Waals surface area contributed by atoms with Crippen molar-refractivity contribution in [1.29, 1.82) is 0 Å². The molecule has 0 bridgehead atoms. The Morgan fingerprint density at radius 3 is 2.35 bits per heavy atom. The minimum Gasteiger partial charge on any atom is -0.426 e. The normalized spacial score (nSPS) is 13.2. The zero-order chi connectivity index (χ0) is 19.5. The summed E-state index contributed by atoms with van der Waals surface area (Å²) >= 11 is 0. The van der Waals surface area contributed by atoms with E-state index in [1.165, 1.54) is 7.11 Å². The molecule has 0 radical (unpaired) electrons. The van der Waals surface area contributed by atoms with Crippen molar-refractivity contribution in [1.82, 2.24) is 10.6 Å². The molecule has 2 atom stereocenters. The van der Waals surface area contributed by atoms with Crippen LogP contribution in [0, 0.1) is 5.92 Å². The van der Waals surface area contributed by atoms with E-state index in [1.54, 1.807) is 0 Å².